The average molecular weight is 307 g/mol. The van der Waals surface area contributed by atoms with Crippen molar-refractivity contribution in [3.05, 3.63) is 71.4 Å². The smallest absolute Gasteiger partial charge is 0.303 e. The van der Waals surface area contributed by atoms with E-state index in [0.29, 0.717) is 12.0 Å². The molecule has 0 saturated heterocycles. The van der Waals surface area contributed by atoms with Crippen molar-refractivity contribution >= 4 is 22.8 Å². The highest BCUT2D eigenvalue weighted by atomic mass is 16.4. The molecule has 0 unspecified atom stereocenters. The van der Waals surface area contributed by atoms with E-state index < -0.39 is 5.97 Å². The van der Waals surface area contributed by atoms with Crippen LogP contribution in [0, 0.1) is 6.92 Å². The highest BCUT2D eigenvalue weighted by molar-refractivity contribution is 6.03. The van der Waals surface area contributed by atoms with Crippen molar-refractivity contribution in [3.8, 4) is 0 Å². The molecule has 0 aliphatic rings. The molecule has 0 aliphatic heterocycles. The molecule has 1 N–H and O–H groups in total. The minimum Gasteiger partial charge on any atom is -0.481 e. The number of fused-ring (bicyclic) bond motifs is 1. The Hall–Kier alpha value is -2.88. The Labute approximate surface area is 134 Å². The van der Waals surface area contributed by atoms with Gasteiger partial charge in [0.1, 0.15) is 0 Å². The standard InChI is InChI=1S/C19H17NO3/c1-13-12-16-14(10-11-18(21)22)8-5-9-17(16)20(13)19(23)15-6-3-2-4-7-15/h2-9,12H,10-11H2,1H3,(H,21,22). The molecule has 0 bridgehead atoms. The maximum Gasteiger partial charge on any atom is 0.303 e. The van der Waals surface area contributed by atoms with Gasteiger partial charge in [0.25, 0.3) is 5.91 Å². The van der Waals surface area contributed by atoms with Gasteiger partial charge in [0.05, 0.1) is 5.52 Å². The third kappa shape index (κ3) is 2.88. The van der Waals surface area contributed by atoms with Gasteiger partial charge in [-0.3, -0.25) is 14.2 Å². The molecule has 3 rings (SSSR count). The van der Waals surface area contributed by atoms with E-state index in [1.807, 2.05) is 49.4 Å². The van der Waals surface area contributed by atoms with Gasteiger partial charge >= 0.3 is 5.97 Å². The highest BCUT2D eigenvalue weighted by Crippen LogP contribution is 2.25. The molecule has 3 aromatic rings. The number of carbonyl (C=O) groups excluding carboxylic acids is 1. The Balaban J connectivity index is 2.08. The molecule has 0 aliphatic carbocycles. The zero-order valence-corrected chi connectivity index (χ0v) is 12.8. The van der Waals surface area contributed by atoms with Gasteiger partial charge in [-0.05, 0) is 43.2 Å². The summed E-state index contributed by atoms with van der Waals surface area (Å²) < 4.78 is 1.69. The first-order valence-corrected chi connectivity index (χ1v) is 7.49. The van der Waals surface area contributed by atoms with Crippen molar-refractivity contribution in [2.75, 3.05) is 0 Å². The second-order valence-electron chi connectivity index (χ2n) is 5.54. The number of carboxylic acids is 1. The van der Waals surface area contributed by atoms with Gasteiger partial charge in [-0.25, -0.2) is 0 Å². The molecular formula is C19H17NO3. The predicted octanol–water partition coefficient (Wildman–Crippen LogP) is 3.66. The molecule has 0 fully saturated rings. The number of aryl methyl sites for hydroxylation is 2. The maximum atomic E-state index is 12.8. The Bertz CT molecular complexity index is 878. The number of rotatable bonds is 4. The van der Waals surface area contributed by atoms with Crippen LogP contribution in [-0.4, -0.2) is 21.6 Å². The van der Waals surface area contributed by atoms with E-state index >= 15 is 0 Å². The number of aromatic nitrogens is 1. The topological polar surface area (TPSA) is 59.3 Å². The van der Waals surface area contributed by atoms with Crippen molar-refractivity contribution in [3.63, 3.8) is 0 Å². The molecule has 2 aromatic carbocycles. The largest absolute Gasteiger partial charge is 0.481 e. The summed E-state index contributed by atoms with van der Waals surface area (Å²) in [5, 5.41) is 9.82. The molecule has 0 amide bonds. The number of carboxylic acid groups (broad SMARTS) is 1. The second kappa shape index (κ2) is 6.08. The lowest BCUT2D eigenvalue weighted by molar-refractivity contribution is -0.136. The third-order valence-corrected chi connectivity index (χ3v) is 3.95. The SMILES string of the molecule is Cc1cc2c(CCC(=O)O)cccc2n1C(=O)c1ccccc1. The summed E-state index contributed by atoms with van der Waals surface area (Å²) in [5.74, 6) is -0.896. The summed E-state index contributed by atoms with van der Waals surface area (Å²) in [6.45, 7) is 1.89. The van der Waals surface area contributed by atoms with Crippen LogP contribution in [0.3, 0.4) is 0 Å². The fourth-order valence-electron chi connectivity index (χ4n) is 2.86. The number of nitrogens with zero attached hydrogens (tertiary/aromatic N) is 1. The predicted molar refractivity (Wildman–Crippen MR) is 88.8 cm³/mol. The van der Waals surface area contributed by atoms with E-state index in [0.717, 1.165) is 22.2 Å². The van der Waals surface area contributed by atoms with Crippen LogP contribution in [0.4, 0.5) is 0 Å². The second-order valence-corrected chi connectivity index (χ2v) is 5.54. The minimum atomic E-state index is -0.821. The van der Waals surface area contributed by atoms with Crippen LogP contribution in [0.2, 0.25) is 0 Å². The number of hydrogen-bond acceptors (Lipinski definition) is 2. The molecule has 4 heteroatoms. The normalized spacial score (nSPS) is 10.8. The fourth-order valence-corrected chi connectivity index (χ4v) is 2.86. The van der Waals surface area contributed by atoms with E-state index in [1.165, 1.54) is 0 Å². The van der Waals surface area contributed by atoms with Crippen LogP contribution in [-0.2, 0) is 11.2 Å². The van der Waals surface area contributed by atoms with Crippen molar-refractivity contribution in [1.82, 2.24) is 4.57 Å². The average Bonchev–Trinajstić information content (AvgIpc) is 2.89. The minimum absolute atomic E-state index is 0.0755. The number of benzene rings is 2. The maximum absolute atomic E-state index is 12.8. The summed E-state index contributed by atoms with van der Waals surface area (Å²) in [6, 6.07) is 16.8. The van der Waals surface area contributed by atoms with Gasteiger partial charge in [-0.15, -0.1) is 0 Å². The van der Waals surface area contributed by atoms with Crippen LogP contribution >= 0.6 is 0 Å². The molecule has 116 valence electrons. The molecule has 1 aromatic heterocycles. The lowest BCUT2D eigenvalue weighted by Crippen LogP contribution is -2.13. The quantitative estimate of drug-likeness (QED) is 0.800. The van der Waals surface area contributed by atoms with Crippen molar-refractivity contribution < 1.29 is 14.7 Å². The summed E-state index contributed by atoms with van der Waals surface area (Å²) in [7, 11) is 0. The summed E-state index contributed by atoms with van der Waals surface area (Å²) in [6.07, 6.45) is 0.533. The molecule has 4 nitrogen and oxygen atoms in total. The zero-order chi connectivity index (χ0) is 16.4. The van der Waals surface area contributed by atoms with Crippen molar-refractivity contribution in [1.29, 1.82) is 0 Å². The van der Waals surface area contributed by atoms with Gasteiger partial charge in [0, 0.05) is 23.1 Å². The van der Waals surface area contributed by atoms with Crippen LogP contribution in [0.5, 0.6) is 0 Å². The van der Waals surface area contributed by atoms with E-state index in [4.69, 9.17) is 5.11 Å². The van der Waals surface area contributed by atoms with Crippen molar-refractivity contribution in [2.45, 2.75) is 19.8 Å². The molecule has 0 radical (unpaired) electrons. The zero-order valence-electron chi connectivity index (χ0n) is 12.8. The Kier molecular flexibility index (Phi) is 3.98. The van der Waals surface area contributed by atoms with Gasteiger partial charge in [0.2, 0.25) is 0 Å². The highest BCUT2D eigenvalue weighted by Gasteiger charge is 2.16. The molecule has 23 heavy (non-hydrogen) atoms. The van der Waals surface area contributed by atoms with Gasteiger partial charge in [0.15, 0.2) is 0 Å². The fraction of sp³-hybridized carbons (Fsp3) is 0.158. The van der Waals surface area contributed by atoms with E-state index in [1.54, 1.807) is 16.7 Å². The molecule has 0 spiro atoms. The summed E-state index contributed by atoms with van der Waals surface area (Å²) in [5.41, 5.74) is 3.24. The lowest BCUT2D eigenvalue weighted by atomic mass is 10.1. The Morgan fingerprint density at radius 2 is 1.78 bits per heavy atom. The first-order valence-electron chi connectivity index (χ1n) is 7.49. The number of carbonyl (C=O) groups is 2. The van der Waals surface area contributed by atoms with E-state index in [-0.39, 0.29) is 12.3 Å². The molecule has 0 atom stereocenters. The van der Waals surface area contributed by atoms with Gasteiger partial charge < -0.3 is 5.11 Å². The van der Waals surface area contributed by atoms with Gasteiger partial charge in [-0.2, -0.15) is 0 Å². The van der Waals surface area contributed by atoms with E-state index in [9.17, 15) is 9.59 Å². The Morgan fingerprint density at radius 3 is 2.48 bits per heavy atom. The monoisotopic (exact) mass is 307 g/mol. The van der Waals surface area contributed by atoms with Gasteiger partial charge in [-0.1, -0.05) is 30.3 Å². The molecule has 1 heterocycles. The van der Waals surface area contributed by atoms with Crippen LogP contribution in [0.1, 0.15) is 28.0 Å². The first kappa shape index (κ1) is 15.0. The van der Waals surface area contributed by atoms with Crippen LogP contribution < -0.4 is 0 Å². The van der Waals surface area contributed by atoms with E-state index in [2.05, 4.69) is 0 Å². The van der Waals surface area contributed by atoms with Crippen molar-refractivity contribution in [2.24, 2.45) is 0 Å². The first-order chi connectivity index (χ1) is 11.1. The third-order valence-electron chi connectivity index (χ3n) is 3.95. The summed E-state index contributed by atoms with van der Waals surface area (Å²) in [4.78, 5) is 23.6. The summed E-state index contributed by atoms with van der Waals surface area (Å²) >= 11 is 0. The van der Waals surface area contributed by atoms with Crippen LogP contribution in [0.25, 0.3) is 10.9 Å². The van der Waals surface area contributed by atoms with Crippen LogP contribution in [0.15, 0.2) is 54.6 Å². The number of hydrogen-bond donors (Lipinski definition) is 1. The Morgan fingerprint density at radius 1 is 1.04 bits per heavy atom. The number of aliphatic carboxylic acids is 1. The lowest BCUT2D eigenvalue weighted by Gasteiger charge is -2.08. The molecular weight excluding hydrogens is 290 g/mol. The molecule has 0 saturated carbocycles.